The smallest absolute Gasteiger partial charge is 0.382 e. The molecule has 2 amide bonds. The highest BCUT2D eigenvalue weighted by Gasteiger charge is 2.47. The van der Waals surface area contributed by atoms with Gasteiger partial charge in [-0.2, -0.15) is 17.5 Å². The van der Waals surface area contributed by atoms with E-state index in [4.69, 9.17) is 0 Å². The van der Waals surface area contributed by atoms with Crippen LogP contribution < -0.4 is 10.6 Å². The second-order valence-electron chi connectivity index (χ2n) is 9.01. The molecule has 1 saturated heterocycles. The Bertz CT molecular complexity index is 1730. The Morgan fingerprint density at radius 2 is 1.60 bits per heavy atom. The van der Waals surface area contributed by atoms with Gasteiger partial charge in [-0.05, 0) is 55.3 Å². The van der Waals surface area contributed by atoms with Gasteiger partial charge in [-0.1, -0.05) is 6.07 Å². The zero-order chi connectivity index (χ0) is 30.9. The van der Waals surface area contributed by atoms with Crippen LogP contribution in [0.15, 0.2) is 69.8 Å². The van der Waals surface area contributed by atoms with E-state index in [9.17, 15) is 49.7 Å². The van der Waals surface area contributed by atoms with Crippen molar-refractivity contribution in [3.8, 4) is 0 Å². The van der Waals surface area contributed by atoms with Crippen molar-refractivity contribution in [2.75, 3.05) is 18.4 Å². The molecule has 0 bridgehead atoms. The minimum absolute atomic E-state index is 0.0106. The number of carbonyl (C=O) groups excluding carboxylic acids is 2. The monoisotopic (exact) mass is 646 g/mol. The lowest BCUT2D eigenvalue weighted by atomic mass is 10.1. The van der Waals surface area contributed by atoms with Crippen molar-refractivity contribution in [3.05, 3.63) is 81.2 Å². The third kappa shape index (κ3) is 6.61. The molecule has 0 saturated carbocycles. The highest BCUT2D eigenvalue weighted by atomic mass is 32.2. The first kappa shape index (κ1) is 31.1. The van der Waals surface area contributed by atoms with Gasteiger partial charge in [0.15, 0.2) is 0 Å². The maximum absolute atomic E-state index is 13.2. The number of carbonyl (C=O) groups is 2. The molecule has 2 heterocycles. The van der Waals surface area contributed by atoms with Crippen molar-refractivity contribution in [2.24, 2.45) is 0 Å². The number of nitrogens with one attached hydrogen (secondary N) is 2. The second-order valence-corrected chi connectivity index (χ2v) is 14.2. The standard InChI is InChI=1S/C24H21F3N4O8S3/c25-24(26,27)41(36,37)19-3-1-2-17(14-19)28-16-10-12-30(13-11-16)42(38,39)21-9-8-20(40-21)23(33)29-22(32)15-4-6-18(7-5-15)31(34)35/h1-9,14,16,28H,10-13H2,(H,29,32,33). The van der Waals surface area contributed by atoms with Crippen LogP contribution in [0.2, 0.25) is 0 Å². The number of hydrogen-bond donors (Lipinski definition) is 2. The molecule has 1 aliphatic heterocycles. The summed E-state index contributed by atoms with van der Waals surface area (Å²) in [5, 5.41) is 15.8. The first-order chi connectivity index (χ1) is 19.6. The number of imide groups is 1. The van der Waals surface area contributed by atoms with E-state index in [1.54, 1.807) is 0 Å². The Morgan fingerprint density at radius 3 is 2.19 bits per heavy atom. The highest BCUT2D eigenvalue weighted by Crippen LogP contribution is 2.32. The highest BCUT2D eigenvalue weighted by molar-refractivity contribution is 7.92. The van der Waals surface area contributed by atoms with E-state index in [1.807, 2.05) is 0 Å². The molecular weight excluding hydrogens is 625 g/mol. The van der Waals surface area contributed by atoms with Gasteiger partial charge < -0.3 is 5.32 Å². The number of halogens is 3. The van der Waals surface area contributed by atoms with Gasteiger partial charge in [0.05, 0.1) is 14.7 Å². The average molecular weight is 647 g/mol. The van der Waals surface area contributed by atoms with Crippen molar-refractivity contribution in [3.63, 3.8) is 0 Å². The normalized spacial score (nSPS) is 15.2. The van der Waals surface area contributed by atoms with Gasteiger partial charge in [0, 0.05) is 42.5 Å². The lowest BCUT2D eigenvalue weighted by Crippen LogP contribution is -2.42. The molecule has 2 N–H and O–H groups in total. The van der Waals surface area contributed by atoms with E-state index in [0.717, 1.165) is 24.3 Å². The fourth-order valence-corrected chi connectivity index (χ4v) is 7.67. The van der Waals surface area contributed by atoms with E-state index >= 15 is 0 Å². The third-order valence-corrected chi connectivity index (χ3v) is 11.2. The number of anilines is 1. The molecule has 1 fully saturated rings. The molecule has 42 heavy (non-hydrogen) atoms. The fraction of sp³-hybridized carbons (Fsp3) is 0.250. The van der Waals surface area contributed by atoms with Gasteiger partial charge in [-0.25, -0.2) is 16.8 Å². The van der Waals surface area contributed by atoms with Crippen molar-refractivity contribution < 1.29 is 44.5 Å². The number of benzene rings is 2. The Hall–Kier alpha value is -3.87. The summed E-state index contributed by atoms with van der Waals surface area (Å²) in [7, 11) is -9.54. The van der Waals surface area contributed by atoms with Gasteiger partial charge in [-0.3, -0.25) is 25.0 Å². The number of rotatable bonds is 8. The number of sulfonamides is 1. The first-order valence-electron chi connectivity index (χ1n) is 12.0. The summed E-state index contributed by atoms with van der Waals surface area (Å²) < 4.78 is 89.4. The predicted octanol–water partition coefficient (Wildman–Crippen LogP) is 3.79. The molecule has 18 heteroatoms. The van der Waals surface area contributed by atoms with E-state index in [1.165, 1.54) is 40.7 Å². The van der Waals surface area contributed by atoms with E-state index < -0.39 is 47.0 Å². The molecule has 0 atom stereocenters. The molecule has 0 spiro atoms. The maximum Gasteiger partial charge on any atom is 0.501 e. The van der Waals surface area contributed by atoms with E-state index in [2.05, 4.69) is 10.6 Å². The number of nitrogens with zero attached hydrogens (tertiary/aromatic N) is 2. The van der Waals surface area contributed by atoms with Gasteiger partial charge in [0.2, 0.25) is 0 Å². The maximum atomic E-state index is 13.2. The van der Waals surface area contributed by atoms with Crippen molar-refractivity contribution in [1.29, 1.82) is 0 Å². The molecule has 4 rings (SSSR count). The summed E-state index contributed by atoms with van der Waals surface area (Å²) in [5.74, 6) is -1.69. The number of thiophene rings is 1. The van der Waals surface area contributed by atoms with Crippen LogP contribution in [0.4, 0.5) is 24.5 Å². The van der Waals surface area contributed by atoms with Crippen LogP contribution in [0, 0.1) is 10.1 Å². The number of hydrogen-bond acceptors (Lipinski definition) is 10. The molecule has 0 unspecified atom stereocenters. The molecule has 2 aromatic carbocycles. The van der Waals surface area contributed by atoms with Crippen LogP contribution in [0.5, 0.6) is 0 Å². The Balaban J connectivity index is 1.36. The molecular formula is C24H21F3N4O8S3. The van der Waals surface area contributed by atoms with Crippen LogP contribution in [0.3, 0.4) is 0 Å². The number of nitro groups is 1. The number of nitro benzene ring substituents is 1. The molecule has 1 aromatic heterocycles. The summed E-state index contributed by atoms with van der Waals surface area (Å²) in [6, 6.07) is 10.9. The third-order valence-electron chi connectivity index (χ3n) is 6.24. The van der Waals surface area contributed by atoms with Crippen LogP contribution in [-0.2, 0) is 19.9 Å². The summed E-state index contributed by atoms with van der Waals surface area (Å²) in [4.78, 5) is 34.0. The predicted molar refractivity (Wildman–Crippen MR) is 144 cm³/mol. The van der Waals surface area contributed by atoms with Crippen molar-refractivity contribution >= 4 is 54.4 Å². The lowest BCUT2D eigenvalue weighted by molar-refractivity contribution is -0.384. The zero-order valence-electron chi connectivity index (χ0n) is 21.2. The summed E-state index contributed by atoms with van der Waals surface area (Å²) >= 11 is 0.647. The number of amides is 2. The second kappa shape index (κ2) is 11.8. The van der Waals surface area contributed by atoms with Crippen LogP contribution in [0.25, 0.3) is 0 Å². The largest absolute Gasteiger partial charge is 0.501 e. The van der Waals surface area contributed by atoms with Gasteiger partial charge in [0.1, 0.15) is 4.21 Å². The number of piperidine rings is 1. The van der Waals surface area contributed by atoms with Crippen LogP contribution in [0.1, 0.15) is 32.9 Å². The van der Waals surface area contributed by atoms with Gasteiger partial charge in [0.25, 0.3) is 37.4 Å². The van der Waals surface area contributed by atoms with Crippen LogP contribution >= 0.6 is 11.3 Å². The Morgan fingerprint density at radius 1 is 0.952 bits per heavy atom. The summed E-state index contributed by atoms with van der Waals surface area (Å²) in [5.41, 5.74) is -5.56. The molecule has 12 nitrogen and oxygen atoms in total. The molecule has 0 radical (unpaired) electrons. The van der Waals surface area contributed by atoms with Crippen LogP contribution in [-0.4, -0.2) is 62.5 Å². The quantitative estimate of drug-likeness (QED) is 0.210. The number of alkyl halides is 3. The van der Waals surface area contributed by atoms with Crippen molar-refractivity contribution in [2.45, 2.75) is 33.5 Å². The lowest BCUT2D eigenvalue weighted by Gasteiger charge is -2.31. The van der Waals surface area contributed by atoms with E-state index in [0.29, 0.717) is 11.3 Å². The molecule has 0 aliphatic carbocycles. The summed E-state index contributed by atoms with van der Waals surface area (Å²) in [6.45, 7) is 0.0806. The van der Waals surface area contributed by atoms with E-state index in [-0.39, 0.29) is 58.0 Å². The van der Waals surface area contributed by atoms with Crippen molar-refractivity contribution in [1.82, 2.24) is 9.62 Å². The Kier molecular flexibility index (Phi) is 8.72. The average Bonchev–Trinajstić information content (AvgIpc) is 3.45. The molecule has 3 aromatic rings. The minimum atomic E-state index is -5.52. The SMILES string of the molecule is O=C(NC(=O)c1ccc(S(=O)(=O)N2CCC(Nc3cccc(S(=O)(=O)C(F)(F)F)c3)CC2)s1)c1ccc([N+](=O)[O-])cc1. The first-order valence-corrected chi connectivity index (χ1v) is 15.7. The zero-order valence-corrected chi connectivity index (χ0v) is 23.6. The fourth-order valence-electron chi connectivity index (χ4n) is 4.04. The summed E-state index contributed by atoms with van der Waals surface area (Å²) in [6.07, 6.45) is 0.524. The van der Waals surface area contributed by atoms with Gasteiger partial charge in [-0.15, -0.1) is 11.3 Å². The number of non-ortho nitro benzene ring substituents is 1. The topological polar surface area (TPSA) is 173 Å². The molecule has 224 valence electrons. The van der Waals surface area contributed by atoms with Gasteiger partial charge >= 0.3 is 5.51 Å². The minimum Gasteiger partial charge on any atom is -0.382 e. The Labute approximate surface area is 241 Å². The number of sulfone groups is 1. The molecule has 1 aliphatic rings.